The Bertz CT molecular complexity index is 1180. The summed E-state index contributed by atoms with van der Waals surface area (Å²) in [6, 6.07) is 14.8. The maximum atomic E-state index is 12.0. The Morgan fingerprint density at radius 1 is 1.11 bits per heavy atom. The second kappa shape index (κ2) is 7.08. The van der Waals surface area contributed by atoms with E-state index in [0.29, 0.717) is 0 Å². The molecule has 0 bridgehead atoms. The van der Waals surface area contributed by atoms with E-state index in [-0.39, 0.29) is 17.2 Å². The van der Waals surface area contributed by atoms with Crippen LogP contribution in [0.1, 0.15) is 10.4 Å². The first-order chi connectivity index (χ1) is 13.6. The van der Waals surface area contributed by atoms with E-state index in [0.717, 1.165) is 39.0 Å². The number of carbonyl (C=O) groups excluding carboxylic acids is 1. The van der Waals surface area contributed by atoms with Gasteiger partial charge in [-0.25, -0.2) is 4.98 Å². The van der Waals surface area contributed by atoms with Gasteiger partial charge in [-0.2, -0.15) is 0 Å². The quantitative estimate of drug-likeness (QED) is 0.505. The monoisotopic (exact) mass is 373 g/mol. The van der Waals surface area contributed by atoms with Crippen molar-refractivity contribution in [1.29, 1.82) is 0 Å². The molecule has 0 radical (unpaired) electrons. The largest absolute Gasteiger partial charge is 0.507 e. The fraction of sp³-hybridized carbons (Fsp3) is 0.0909. The Balaban J connectivity index is 1.86. The molecule has 0 unspecified atom stereocenters. The molecule has 0 spiro atoms. The van der Waals surface area contributed by atoms with Crippen molar-refractivity contribution in [1.82, 2.24) is 15.3 Å². The van der Waals surface area contributed by atoms with E-state index in [2.05, 4.69) is 15.3 Å². The first kappa shape index (κ1) is 17.6. The zero-order chi connectivity index (χ0) is 19.7. The van der Waals surface area contributed by atoms with Gasteiger partial charge in [0.25, 0.3) is 5.91 Å². The van der Waals surface area contributed by atoms with Gasteiger partial charge in [-0.15, -0.1) is 0 Å². The molecule has 0 saturated carbocycles. The van der Waals surface area contributed by atoms with E-state index < -0.39 is 0 Å². The number of para-hydroxylation sites is 1. The lowest BCUT2D eigenvalue weighted by atomic mass is 10.00. The number of carbonyl (C=O) groups is 1. The molecule has 0 aliphatic heterocycles. The lowest BCUT2D eigenvalue weighted by Gasteiger charge is -2.09. The predicted molar refractivity (Wildman–Crippen MR) is 109 cm³/mol. The fourth-order valence-electron chi connectivity index (χ4n) is 3.28. The molecule has 6 nitrogen and oxygen atoms in total. The number of phenols is 1. The highest BCUT2D eigenvalue weighted by Gasteiger charge is 2.14. The number of nitrogens with zero attached hydrogens (tertiary/aromatic N) is 1. The highest BCUT2D eigenvalue weighted by Crippen LogP contribution is 2.36. The number of amides is 1. The van der Waals surface area contributed by atoms with E-state index in [1.54, 1.807) is 25.4 Å². The molecule has 2 aromatic heterocycles. The molecule has 28 heavy (non-hydrogen) atoms. The van der Waals surface area contributed by atoms with E-state index in [1.165, 1.54) is 13.1 Å². The Labute approximate surface area is 161 Å². The zero-order valence-corrected chi connectivity index (χ0v) is 15.5. The van der Waals surface area contributed by atoms with Gasteiger partial charge < -0.3 is 20.1 Å². The molecule has 140 valence electrons. The number of nitrogens with one attached hydrogen (secondary N) is 2. The summed E-state index contributed by atoms with van der Waals surface area (Å²) < 4.78 is 5.49. The number of ether oxygens (including phenoxy) is 1. The van der Waals surface area contributed by atoms with Gasteiger partial charge in [0.05, 0.1) is 12.7 Å². The second-order valence-corrected chi connectivity index (χ2v) is 6.33. The van der Waals surface area contributed by atoms with E-state index in [9.17, 15) is 9.90 Å². The van der Waals surface area contributed by atoms with Crippen LogP contribution in [0.15, 0.2) is 60.9 Å². The topological polar surface area (TPSA) is 87.2 Å². The molecular weight excluding hydrogens is 354 g/mol. The highest BCUT2D eigenvalue weighted by molar-refractivity contribution is 5.99. The summed E-state index contributed by atoms with van der Waals surface area (Å²) in [5, 5.41) is 13.5. The summed E-state index contributed by atoms with van der Waals surface area (Å²) in [5.74, 6) is 0.374. The van der Waals surface area contributed by atoms with E-state index >= 15 is 0 Å². The number of hydrogen-bond donors (Lipinski definition) is 3. The lowest BCUT2D eigenvalue weighted by molar-refractivity contribution is 0.0960. The van der Waals surface area contributed by atoms with Crippen molar-refractivity contribution in [2.75, 3.05) is 14.2 Å². The van der Waals surface area contributed by atoms with Crippen LogP contribution >= 0.6 is 0 Å². The third kappa shape index (κ3) is 2.95. The number of pyridine rings is 1. The maximum Gasteiger partial charge on any atom is 0.254 e. The van der Waals surface area contributed by atoms with Crippen molar-refractivity contribution >= 4 is 16.9 Å². The molecule has 4 aromatic rings. The molecule has 6 heteroatoms. The van der Waals surface area contributed by atoms with E-state index in [1.807, 2.05) is 36.5 Å². The van der Waals surface area contributed by atoms with Crippen LogP contribution in [0.2, 0.25) is 0 Å². The molecule has 0 aliphatic carbocycles. The summed E-state index contributed by atoms with van der Waals surface area (Å²) in [6.07, 6.45) is 3.65. The summed E-state index contributed by atoms with van der Waals surface area (Å²) in [4.78, 5) is 19.7. The molecular formula is C22H19N3O3. The van der Waals surface area contributed by atoms with Crippen LogP contribution in [-0.2, 0) is 0 Å². The number of hydrogen-bond acceptors (Lipinski definition) is 4. The van der Waals surface area contributed by atoms with Crippen LogP contribution < -0.4 is 10.1 Å². The standard InChI is InChI=1S/C22H19N3O3/c1-23-22(27)17-9-13(7-8-19(17)26)14-10-16-18(12-25-21(16)24-11-14)15-5-3-4-6-20(15)28-2/h3-12,26H,1-2H3,(H,23,27)(H,24,25). The molecule has 1 amide bonds. The van der Waals surface area contributed by atoms with Crippen LogP contribution in [-0.4, -0.2) is 35.1 Å². The van der Waals surface area contributed by atoms with Gasteiger partial charge in [0.15, 0.2) is 0 Å². The molecule has 0 saturated heterocycles. The molecule has 0 fully saturated rings. The third-order valence-corrected chi connectivity index (χ3v) is 4.73. The normalized spacial score (nSPS) is 10.8. The first-order valence-corrected chi connectivity index (χ1v) is 8.78. The average molecular weight is 373 g/mol. The van der Waals surface area contributed by atoms with Crippen molar-refractivity contribution in [3.8, 4) is 33.8 Å². The molecule has 0 aliphatic rings. The summed E-state index contributed by atoms with van der Waals surface area (Å²) in [7, 11) is 3.18. The minimum atomic E-state index is -0.343. The molecule has 2 aromatic carbocycles. The van der Waals surface area contributed by atoms with Crippen LogP contribution in [0.4, 0.5) is 0 Å². The van der Waals surface area contributed by atoms with Gasteiger partial charge in [0.2, 0.25) is 0 Å². The maximum absolute atomic E-state index is 12.0. The Hall–Kier alpha value is -3.80. The smallest absolute Gasteiger partial charge is 0.254 e. The molecule has 4 rings (SSSR count). The van der Waals surface area contributed by atoms with Crippen molar-refractivity contribution in [2.45, 2.75) is 0 Å². The number of fused-ring (bicyclic) bond motifs is 1. The van der Waals surface area contributed by atoms with Crippen LogP contribution in [0.3, 0.4) is 0 Å². The minimum Gasteiger partial charge on any atom is -0.507 e. The third-order valence-electron chi connectivity index (χ3n) is 4.73. The summed E-state index contributed by atoms with van der Waals surface area (Å²) in [6.45, 7) is 0. The van der Waals surface area contributed by atoms with Gasteiger partial charge in [-0.3, -0.25) is 4.79 Å². The number of methoxy groups -OCH3 is 1. The number of aromatic hydroxyl groups is 1. The highest BCUT2D eigenvalue weighted by atomic mass is 16.5. The number of phenolic OH excluding ortho intramolecular Hbond substituents is 1. The first-order valence-electron chi connectivity index (χ1n) is 8.78. The van der Waals surface area contributed by atoms with Crippen LogP contribution in [0.5, 0.6) is 11.5 Å². The van der Waals surface area contributed by atoms with Gasteiger partial charge in [0.1, 0.15) is 17.1 Å². The van der Waals surface area contributed by atoms with Crippen molar-refractivity contribution in [3.63, 3.8) is 0 Å². The molecule has 2 heterocycles. The number of aromatic nitrogens is 2. The fourth-order valence-corrected chi connectivity index (χ4v) is 3.28. The lowest BCUT2D eigenvalue weighted by Crippen LogP contribution is -2.17. The Morgan fingerprint density at radius 3 is 2.71 bits per heavy atom. The number of H-pyrrole nitrogens is 1. The average Bonchev–Trinajstić information content (AvgIpc) is 3.16. The number of rotatable bonds is 4. The predicted octanol–water partition coefficient (Wildman–Crippen LogP) is 3.97. The summed E-state index contributed by atoms with van der Waals surface area (Å²) in [5.41, 5.74) is 4.56. The number of benzene rings is 2. The molecule has 0 atom stereocenters. The molecule has 3 N–H and O–H groups in total. The Morgan fingerprint density at radius 2 is 1.93 bits per heavy atom. The van der Waals surface area contributed by atoms with Gasteiger partial charge >= 0.3 is 0 Å². The second-order valence-electron chi connectivity index (χ2n) is 6.33. The van der Waals surface area contributed by atoms with Gasteiger partial charge in [-0.05, 0) is 29.8 Å². The number of aromatic amines is 1. The SMILES string of the molecule is CNC(=O)c1cc(-c2cnc3[nH]cc(-c4ccccc4OC)c3c2)ccc1O. The summed E-state index contributed by atoms with van der Waals surface area (Å²) >= 11 is 0. The van der Waals surface area contributed by atoms with Crippen LogP contribution in [0.25, 0.3) is 33.3 Å². The zero-order valence-electron chi connectivity index (χ0n) is 15.5. The van der Waals surface area contributed by atoms with Crippen molar-refractivity contribution in [3.05, 3.63) is 66.5 Å². The van der Waals surface area contributed by atoms with Crippen molar-refractivity contribution in [2.24, 2.45) is 0 Å². The van der Waals surface area contributed by atoms with Crippen molar-refractivity contribution < 1.29 is 14.6 Å². The minimum absolute atomic E-state index is 0.0616. The van der Waals surface area contributed by atoms with Crippen LogP contribution in [0, 0.1) is 0 Å². The van der Waals surface area contributed by atoms with Gasteiger partial charge in [0, 0.05) is 41.5 Å². The Kier molecular flexibility index (Phi) is 4.45. The van der Waals surface area contributed by atoms with E-state index in [4.69, 9.17) is 4.74 Å². The van der Waals surface area contributed by atoms with Gasteiger partial charge in [-0.1, -0.05) is 24.3 Å².